The van der Waals surface area contributed by atoms with Gasteiger partial charge >= 0.3 is 0 Å². The van der Waals surface area contributed by atoms with Gasteiger partial charge in [-0.05, 0) is 58.4 Å². The zero-order chi connectivity index (χ0) is 31.8. The molecule has 9 nitrogen and oxygen atoms in total. The first-order valence-electron chi connectivity index (χ1n) is 15.3. The molecule has 6 rings (SSSR count). The van der Waals surface area contributed by atoms with Gasteiger partial charge in [0.2, 0.25) is 0 Å². The van der Waals surface area contributed by atoms with E-state index in [4.69, 9.17) is 9.72 Å². The van der Waals surface area contributed by atoms with E-state index < -0.39 is 11.6 Å². The molecule has 0 radical (unpaired) electrons. The molecule has 0 saturated carbocycles. The number of aromatic nitrogens is 4. The van der Waals surface area contributed by atoms with E-state index >= 15 is 0 Å². The Morgan fingerprint density at radius 3 is 2.33 bits per heavy atom. The lowest BCUT2D eigenvalue weighted by atomic mass is 9.85. The summed E-state index contributed by atoms with van der Waals surface area (Å²) in [5.41, 5.74) is 5.48. The molecule has 4 unspecified atom stereocenters. The molecule has 3 aromatic carbocycles. The van der Waals surface area contributed by atoms with Crippen LogP contribution in [0.3, 0.4) is 0 Å². The summed E-state index contributed by atoms with van der Waals surface area (Å²) in [5, 5.41) is 27.3. The van der Waals surface area contributed by atoms with Crippen molar-refractivity contribution in [3.63, 3.8) is 0 Å². The van der Waals surface area contributed by atoms with Crippen molar-refractivity contribution in [2.75, 3.05) is 20.4 Å². The van der Waals surface area contributed by atoms with Crippen LogP contribution in [0, 0.1) is 22.2 Å². The highest BCUT2D eigenvalue weighted by Crippen LogP contribution is 2.44. The first-order chi connectivity index (χ1) is 21.6. The van der Waals surface area contributed by atoms with E-state index in [0.717, 1.165) is 50.2 Å². The van der Waals surface area contributed by atoms with Gasteiger partial charge in [-0.1, -0.05) is 69.3 Å². The Kier molecular flexibility index (Phi) is 8.33. The standard InChI is InChI=1S/C36H41N7O2/c1-35(2,3)32(41-22-45-5)34(44)43-20-36(4,19-37)16-31(43)33-39-18-30(42-33)28-13-12-26-14-25(10-11-27(26)15-28)23-6-8-24(9-7-23)29-17-38-21-40-29/h6-15,17-18,21,31-32,34,41,44H,16,20,22H2,1-5H3,(H,38,40)(H,39,42). The highest BCUT2D eigenvalue weighted by molar-refractivity contribution is 5.90. The van der Waals surface area contributed by atoms with Crippen LogP contribution in [0.15, 0.2) is 79.4 Å². The lowest BCUT2D eigenvalue weighted by Crippen LogP contribution is -2.56. The maximum absolute atomic E-state index is 11.7. The minimum Gasteiger partial charge on any atom is -0.377 e. The Labute approximate surface area is 264 Å². The lowest BCUT2D eigenvalue weighted by Gasteiger charge is -2.40. The van der Waals surface area contributed by atoms with Crippen molar-refractivity contribution in [1.29, 1.82) is 5.26 Å². The predicted octanol–water partition coefficient (Wildman–Crippen LogP) is 6.49. The van der Waals surface area contributed by atoms with Gasteiger partial charge in [0.25, 0.3) is 0 Å². The average Bonchev–Trinajstić information content (AvgIpc) is 3.81. The summed E-state index contributed by atoms with van der Waals surface area (Å²) in [6, 6.07) is 23.4. The number of aliphatic hydroxyl groups is 1. The number of methoxy groups -OCH3 is 1. The summed E-state index contributed by atoms with van der Waals surface area (Å²) in [6.07, 6.45) is 5.09. The molecule has 4 atom stereocenters. The van der Waals surface area contributed by atoms with Crippen molar-refractivity contribution < 1.29 is 9.84 Å². The lowest BCUT2D eigenvalue weighted by molar-refractivity contribution is -0.0696. The van der Waals surface area contributed by atoms with Crippen molar-refractivity contribution in [2.45, 2.75) is 52.4 Å². The Morgan fingerprint density at radius 2 is 1.69 bits per heavy atom. The van der Waals surface area contributed by atoms with Gasteiger partial charge in [-0.2, -0.15) is 5.26 Å². The number of aliphatic hydroxyl groups excluding tert-OH is 1. The van der Waals surface area contributed by atoms with Crippen LogP contribution in [0.2, 0.25) is 0 Å². The summed E-state index contributed by atoms with van der Waals surface area (Å²) < 4.78 is 5.27. The number of nitriles is 1. The third-order valence-corrected chi connectivity index (χ3v) is 8.95. The minimum atomic E-state index is -0.842. The number of ether oxygens (including phenoxy) is 1. The number of nitrogens with zero attached hydrogens (tertiary/aromatic N) is 4. The van der Waals surface area contributed by atoms with Gasteiger partial charge < -0.3 is 19.8 Å². The topological polar surface area (TPSA) is 126 Å². The molecule has 3 heterocycles. The maximum atomic E-state index is 11.7. The fourth-order valence-electron chi connectivity index (χ4n) is 6.46. The van der Waals surface area contributed by atoms with Gasteiger partial charge in [0, 0.05) is 19.2 Å². The number of fused-ring (bicyclic) bond motifs is 1. The Bertz CT molecular complexity index is 1800. The van der Waals surface area contributed by atoms with Crippen LogP contribution >= 0.6 is 0 Å². The number of aromatic amines is 2. The summed E-state index contributed by atoms with van der Waals surface area (Å²) >= 11 is 0. The quantitative estimate of drug-likeness (QED) is 0.142. The number of nitrogens with one attached hydrogen (secondary N) is 3. The van der Waals surface area contributed by atoms with Gasteiger partial charge in [0.05, 0.1) is 60.4 Å². The summed E-state index contributed by atoms with van der Waals surface area (Å²) in [7, 11) is 1.63. The Balaban J connectivity index is 1.25. The minimum absolute atomic E-state index is 0.240. The molecule has 232 valence electrons. The van der Waals surface area contributed by atoms with Crippen molar-refractivity contribution in [3.05, 3.63) is 85.2 Å². The second-order valence-electron chi connectivity index (χ2n) is 13.5. The smallest absolute Gasteiger partial charge is 0.124 e. The second-order valence-corrected chi connectivity index (χ2v) is 13.5. The van der Waals surface area contributed by atoms with E-state index in [9.17, 15) is 10.4 Å². The SMILES string of the molecule is COCNC(C(O)N1CC(C)(C#N)CC1c1ncc(-c2ccc3cc(-c4ccc(-c5cnc[nH]5)cc4)ccc3c2)[nH]1)C(C)(C)C. The highest BCUT2D eigenvalue weighted by Gasteiger charge is 2.48. The number of hydrogen-bond donors (Lipinski definition) is 4. The van der Waals surface area contributed by atoms with E-state index in [1.807, 2.05) is 24.2 Å². The van der Waals surface area contributed by atoms with Crippen LogP contribution in [0.1, 0.15) is 46.0 Å². The van der Waals surface area contributed by atoms with Crippen molar-refractivity contribution in [2.24, 2.45) is 10.8 Å². The van der Waals surface area contributed by atoms with Crippen LogP contribution in [0.25, 0.3) is 44.4 Å². The van der Waals surface area contributed by atoms with Gasteiger partial charge in [-0.25, -0.2) is 9.97 Å². The molecule has 9 heteroatoms. The molecule has 1 aliphatic rings. The van der Waals surface area contributed by atoms with E-state index in [-0.39, 0.29) is 17.5 Å². The summed E-state index contributed by atoms with van der Waals surface area (Å²) in [6.45, 7) is 8.98. The molecule has 0 bridgehead atoms. The maximum Gasteiger partial charge on any atom is 0.124 e. The summed E-state index contributed by atoms with van der Waals surface area (Å²) in [4.78, 5) is 17.6. The van der Waals surface area contributed by atoms with Crippen LogP contribution in [0.5, 0.6) is 0 Å². The van der Waals surface area contributed by atoms with Gasteiger partial charge in [0.1, 0.15) is 12.1 Å². The molecule has 2 aromatic heterocycles. The number of H-pyrrole nitrogens is 2. The predicted molar refractivity (Wildman–Crippen MR) is 177 cm³/mol. The van der Waals surface area contributed by atoms with Crippen LogP contribution < -0.4 is 5.32 Å². The molecule has 5 aromatic rings. The van der Waals surface area contributed by atoms with Crippen molar-refractivity contribution in [3.8, 4) is 39.7 Å². The van der Waals surface area contributed by atoms with Crippen molar-refractivity contribution in [1.82, 2.24) is 30.2 Å². The third-order valence-electron chi connectivity index (χ3n) is 8.95. The number of likely N-dealkylation sites (tertiary alicyclic amines) is 1. The number of rotatable bonds is 9. The zero-order valence-electron chi connectivity index (χ0n) is 26.5. The van der Waals surface area contributed by atoms with E-state index in [1.165, 1.54) is 0 Å². The molecule has 0 spiro atoms. The molecule has 0 amide bonds. The fourth-order valence-corrected chi connectivity index (χ4v) is 6.46. The van der Waals surface area contributed by atoms with Gasteiger partial charge in [-0.3, -0.25) is 10.2 Å². The molecule has 1 fully saturated rings. The zero-order valence-corrected chi connectivity index (χ0v) is 26.5. The van der Waals surface area contributed by atoms with Crippen molar-refractivity contribution >= 4 is 10.8 Å². The molecule has 45 heavy (non-hydrogen) atoms. The third kappa shape index (κ3) is 6.28. The number of benzene rings is 3. The average molecular weight is 604 g/mol. The number of imidazole rings is 2. The fraction of sp³-hybridized carbons (Fsp3) is 0.361. The van der Waals surface area contributed by atoms with Crippen LogP contribution in [0.4, 0.5) is 0 Å². The van der Waals surface area contributed by atoms with Gasteiger partial charge in [0.15, 0.2) is 0 Å². The molecule has 1 saturated heterocycles. The highest BCUT2D eigenvalue weighted by atomic mass is 16.5. The monoisotopic (exact) mass is 603 g/mol. The molecule has 0 aliphatic carbocycles. The van der Waals surface area contributed by atoms with Crippen LogP contribution in [-0.2, 0) is 4.74 Å². The van der Waals surface area contributed by atoms with Crippen LogP contribution in [-0.4, -0.2) is 62.6 Å². The van der Waals surface area contributed by atoms with E-state index in [2.05, 4.69) is 108 Å². The van der Waals surface area contributed by atoms with Gasteiger partial charge in [-0.15, -0.1) is 0 Å². The normalized spacial score (nSPS) is 20.3. The molecule has 4 N–H and O–H groups in total. The largest absolute Gasteiger partial charge is 0.377 e. The molecule has 1 aliphatic heterocycles. The summed E-state index contributed by atoms with van der Waals surface area (Å²) in [5.74, 6) is 0.747. The molecular weight excluding hydrogens is 562 g/mol. The Hall–Kier alpha value is -4.33. The molecular formula is C36H41N7O2. The van der Waals surface area contributed by atoms with E-state index in [0.29, 0.717) is 19.7 Å². The Morgan fingerprint density at radius 1 is 1.02 bits per heavy atom. The van der Waals surface area contributed by atoms with E-state index in [1.54, 1.807) is 13.4 Å². The first-order valence-corrected chi connectivity index (χ1v) is 15.3. The first kappa shape index (κ1) is 30.7. The second kappa shape index (κ2) is 12.2. The number of hydrogen-bond acceptors (Lipinski definition) is 7.